The average molecular weight is 321 g/mol. The number of hydrazone groups is 1. The Morgan fingerprint density at radius 3 is 2.59 bits per heavy atom. The van der Waals surface area contributed by atoms with Crippen LogP contribution in [-0.4, -0.2) is 40.0 Å². The molecule has 2 aromatic rings. The van der Waals surface area contributed by atoms with Crippen molar-refractivity contribution in [3.8, 4) is 5.75 Å². The first-order valence-electron chi connectivity index (χ1n) is 6.22. The Labute approximate surface area is 131 Å². The van der Waals surface area contributed by atoms with Crippen molar-refractivity contribution in [1.29, 1.82) is 0 Å². The fraction of sp³-hybridized carbons (Fsp3) is 0.231. The van der Waals surface area contributed by atoms with Crippen LogP contribution in [0.25, 0.3) is 0 Å². The van der Waals surface area contributed by atoms with Crippen LogP contribution in [0.2, 0.25) is 0 Å². The second-order valence-corrected chi connectivity index (χ2v) is 5.03. The van der Waals surface area contributed by atoms with Crippen LogP contribution in [0, 0.1) is 0 Å². The van der Waals surface area contributed by atoms with Gasteiger partial charge in [0.05, 0.1) is 19.9 Å². The quantitative estimate of drug-likeness (QED) is 0.300. The Hall–Kier alpha value is -2.55. The minimum atomic E-state index is -0.561. The number of thioether (sulfide) groups is 1. The first kappa shape index (κ1) is 15.8. The van der Waals surface area contributed by atoms with Crippen LogP contribution in [0.5, 0.6) is 5.75 Å². The zero-order valence-corrected chi connectivity index (χ0v) is 13.1. The average Bonchev–Trinajstić information content (AvgIpc) is 2.96. The van der Waals surface area contributed by atoms with Crippen molar-refractivity contribution in [2.24, 2.45) is 12.1 Å². The normalized spacial score (nSPS) is 11.1. The van der Waals surface area contributed by atoms with Crippen LogP contribution >= 0.6 is 11.8 Å². The van der Waals surface area contributed by atoms with E-state index in [0.29, 0.717) is 10.8 Å². The number of rotatable bonds is 4. The molecular weight excluding hydrogens is 306 g/mol. The van der Waals surface area contributed by atoms with Gasteiger partial charge in [-0.15, -0.1) is 10.2 Å². The number of nitrogens with zero attached hydrogens (tertiary/aromatic N) is 4. The van der Waals surface area contributed by atoms with Crippen LogP contribution in [-0.2, 0) is 16.6 Å². The minimum absolute atomic E-state index is 0.120. The summed E-state index contributed by atoms with van der Waals surface area (Å²) < 4.78 is 11.5. The van der Waals surface area contributed by atoms with Crippen molar-refractivity contribution in [3.63, 3.8) is 0 Å². The Kier molecular flexibility index (Phi) is 5.37. The summed E-state index contributed by atoms with van der Waals surface area (Å²) in [5.41, 5.74) is 3.51. The number of nitrogens with one attached hydrogen (secondary N) is 1. The molecule has 0 atom stereocenters. The van der Waals surface area contributed by atoms with E-state index in [-0.39, 0.29) is 5.04 Å². The summed E-state index contributed by atoms with van der Waals surface area (Å²) >= 11 is 1.06. The molecule has 0 aliphatic carbocycles. The van der Waals surface area contributed by atoms with E-state index in [4.69, 9.17) is 9.47 Å². The van der Waals surface area contributed by atoms with Gasteiger partial charge >= 0.3 is 5.97 Å². The summed E-state index contributed by atoms with van der Waals surface area (Å²) in [7, 11) is 4.66. The van der Waals surface area contributed by atoms with Gasteiger partial charge in [0.25, 0.3) is 0 Å². The number of methoxy groups -OCH3 is 2. The van der Waals surface area contributed by atoms with E-state index < -0.39 is 5.97 Å². The molecule has 22 heavy (non-hydrogen) atoms. The van der Waals surface area contributed by atoms with Gasteiger partial charge in [0.15, 0.2) is 5.16 Å². The molecule has 0 spiro atoms. The molecule has 1 heterocycles. The van der Waals surface area contributed by atoms with Crippen LogP contribution in [0.15, 0.2) is 40.9 Å². The number of hydrogen-bond donors (Lipinski definition) is 1. The number of esters is 1. The third-order valence-electron chi connectivity index (χ3n) is 2.59. The van der Waals surface area contributed by atoms with Crippen molar-refractivity contribution in [2.45, 2.75) is 5.16 Å². The van der Waals surface area contributed by atoms with E-state index in [0.717, 1.165) is 17.5 Å². The van der Waals surface area contributed by atoms with Crippen molar-refractivity contribution in [3.05, 3.63) is 30.6 Å². The van der Waals surface area contributed by atoms with E-state index in [1.54, 1.807) is 43.0 Å². The molecule has 0 aliphatic rings. The lowest BCUT2D eigenvalue weighted by Gasteiger charge is -2.06. The smallest absolute Gasteiger partial charge is 0.365 e. The highest BCUT2D eigenvalue weighted by Crippen LogP contribution is 2.19. The number of aryl methyl sites for hydroxylation is 1. The van der Waals surface area contributed by atoms with Crippen LogP contribution in [0.4, 0.5) is 5.69 Å². The van der Waals surface area contributed by atoms with Crippen LogP contribution in [0.3, 0.4) is 0 Å². The van der Waals surface area contributed by atoms with Gasteiger partial charge in [-0.05, 0) is 36.0 Å². The molecule has 1 aromatic carbocycles. The third-order valence-corrected chi connectivity index (χ3v) is 3.60. The largest absolute Gasteiger partial charge is 0.497 e. The molecule has 0 fully saturated rings. The lowest BCUT2D eigenvalue weighted by atomic mass is 10.3. The van der Waals surface area contributed by atoms with Gasteiger partial charge in [0, 0.05) is 7.05 Å². The summed E-state index contributed by atoms with van der Waals surface area (Å²) in [6.07, 6.45) is 1.54. The maximum atomic E-state index is 11.8. The van der Waals surface area contributed by atoms with Gasteiger partial charge < -0.3 is 14.0 Å². The van der Waals surface area contributed by atoms with Gasteiger partial charge in [-0.1, -0.05) is 0 Å². The fourth-order valence-corrected chi connectivity index (χ4v) is 2.14. The Morgan fingerprint density at radius 2 is 2.05 bits per heavy atom. The first-order chi connectivity index (χ1) is 10.6. The topological polar surface area (TPSA) is 90.6 Å². The predicted octanol–water partition coefficient (Wildman–Crippen LogP) is 1.51. The highest BCUT2D eigenvalue weighted by atomic mass is 32.2. The van der Waals surface area contributed by atoms with E-state index >= 15 is 0 Å². The van der Waals surface area contributed by atoms with Gasteiger partial charge in [0.2, 0.25) is 5.04 Å². The van der Waals surface area contributed by atoms with Crippen molar-refractivity contribution in [2.75, 3.05) is 19.6 Å². The maximum absolute atomic E-state index is 11.8. The van der Waals surface area contributed by atoms with Gasteiger partial charge in [-0.2, -0.15) is 5.10 Å². The second kappa shape index (κ2) is 7.46. The molecule has 8 nitrogen and oxygen atoms in total. The SMILES string of the molecule is COC(=O)/C(=N/Nc1ccc(OC)cc1)Sc1nncn1C. The highest BCUT2D eigenvalue weighted by molar-refractivity contribution is 8.15. The van der Waals surface area contributed by atoms with Crippen molar-refractivity contribution in [1.82, 2.24) is 14.8 Å². The molecule has 1 N–H and O–H groups in total. The molecule has 0 aliphatic heterocycles. The number of ether oxygens (including phenoxy) is 2. The second-order valence-electron chi connectivity index (χ2n) is 4.08. The van der Waals surface area contributed by atoms with Gasteiger partial charge in [-0.25, -0.2) is 4.79 Å². The van der Waals surface area contributed by atoms with Crippen molar-refractivity contribution >= 4 is 28.5 Å². The summed E-state index contributed by atoms with van der Waals surface area (Å²) in [6, 6.07) is 7.13. The minimum Gasteiger partial charge on any atom is -0.497 e. The van der Waals surface area contributed by atoms with E-state index in [9.17, 15) is 4.79 Å². The van der Waals surface area contributed by atoms with Crippen LogP contribution in [0.1, 0.15) is 0 Å². The summed E-state index contributed by atoms with van der Waals surface area (Å²) in [5.74, 6) is 0.171. The molecule has 116 valence electrons. The molecule has 1 aromatic heterocycles. The van der Waals surface area contributed by atoms with Crippen molar-refractivity contribution < 1.29 is 14.3 Å². The highest BCUT2D eigenvalue weighted by Gasteiger charge is 2.17. The number of carbonyl (C=O) groups excluding carboxylic acids is 1. The van der Waals surface area contributed by atoms with Gasteiger partial charge in [0.1, 0.15) is 12.1 Å². The zero-order valence-electron chi connectivity index (χ0n) is 12.3. The standard InChI is InChI=1S/C13H15N5O3S/c1-18-8-14-17-13(18)22-11(12(19)21-3)16-15-9-4-6-10(20-2)7-5-9/h4-8,15H,1-3H3/b16-11-. The van der Waals surface area contributed by atoms with E-state index in [1.807, 2.05) is 0 Å². The Morgan fingerprint density at radius 1 is 1.32 bits per heavy atom. The molecule has 0 saturated heterocycles. The summed E-state index contributed by atoms with van der Waals surface area (Å²) in [6.45, 7) is 0. The third kappa shape index (κ3) is 3.98. The van der Waals surface area contributed by atoms with E-state index in [1.165, 1.54) is 13.4 Å². The molecule has 2 rings (SSSR count). The molecule has 0 saturated carbocycles. The maximum Gasteiger partial charge on any atom is 0.365 e. The van der Waals surface area contributed by atoms with E-state index in [2.05, 4.69) is 20.7 Å². The number of anilines is 1. The summed E-state index contributed by atoms with van der Waals surface area (Å²) in [5, 5.41) is 12.4. The molecular formula is C13H15N5O3S. The van der Waals surface area contributed by atoms with Crippen LogP contribution < -0.4 is 10.2 Å². The predicted molar refractivity (Wildman–Crippen MR) is 82.9 cm³/mol. The Balaban J connectivity index is 2.13. The first-order valence-corrected chi connectivity index (χ1v) is 7.03. The number of carbonyl (C=O) groups is 1. The molecule has 0 radical (unpaired) electrons. The molecule has 0 unspecified atom stereocenters. The number of benzene rings is 1. The number of hydrogen-bond acceptors (Lipinski definition) is 8. The lowest BCUT2D eigenvalue weighted by Crippen LogP contribution is -2.14. The molecule has 0 amide bonds. The molecule has 0 bridgehead atoms. The summed E-state index contributed by atoms with van der Waals surface area (Å²) in [4.78, 5) is 11.8. The van der Waals surface area contributed by atoms with Gasteiger partial charge in [-0.3, -0.25) is 5.43 Å². The molecule has 9 heteroatoms. The fourth-order valence-electron chi connectivity index (χ4n) is 1.43. The number of aromatic nitrogens is 3. The lowest BCUT2D eigenvalue weighted by molar-refractivity contribution is -0.132. The monoisotopic (exact) mass is 321 g/mol. The Bertz CT molecular complexity index is 669. The zero-order chi connectivity index (χ0) is 15.9.